The maximum absolute atomic E-state index is 13.2. The van der Waals surface area contributed by atoms with Gasteiger partial charge in [-0.05, 0) is 26.0 Å². The van der Waals surface area contributed by atoms with E-state index in [1.165, 1.54) is 12.1 Å². The maximum Gasteiger partial charge on any atom is 0.216 e. The monoisotopic (exact) mass is 272 g/mol. The van der Waals surface area contributed by atoms with Crippen LogP contribution in [0.2, 0.25) is 0 Å². The number of hydrogen-bond acceptors (Lipinski definition) is 4. The first-order valence-electron chi connectivity index (χ1n) is 6.20. The number of nitrogens with zero attached hydrogens (tertiary/aromatic N) is 4. The highest BCUT2D eigenvalue weighted by Gasteiger charge is 2.10. The van der Waals surface area contributed by atoms with Crippen molar-refractivity contribution in [1.29, 1.82) is 0 Å². The molecule has 0 fully saturated rings. The van der Waals surface area contributed by atoms with E-state index < -0.39 is 0 Å². The van der Waals surface area contributed by atoms with Crippen LogP contribution in [0.4, 0.5) is 4.39 Å². The number of benzene rings is 1. The van der Waals surface area contributed by atoms with Gasteiger partial charge in [0.15, 0.2) is 5.76 Å². The summed E-state index contributed by atoms with van der Waals surface area (Å²) in [4.78, 5) is 8.41. The van der Waals surface area contributed by atoms with Gasteiger partial charge in [0.2, 0.25) is 5.89 Å². The highest BCUT2D eigenvalue weighted by Crippen LogP contribution is 2.21. The van der Waals surface area contributed by atoms with Crippen LogP contribution in [-0.4, -0.2) is 19.7 Å². The van der Waals surface area contributed by atoms with Gasteiger partial charge in [-0.1, -0.05) is 12.1 Å². The van der Waals surface area contributed by atoms with Gasteiger partial charge < -0.3 is 4.42 Å². The molecule has 6 heteroatoms. The lowest BCUT2D eigenvalue weighted by atomic mass is 10.2. The number of hydrogen-bond donors (Lipinski definition) is 0. The summed E-state index contributed by atoms with van der Waals surface area (Å²) < 4.78 is 20.5. The first-order valence-corrected chi connectivity index (χ1v) is 6.20. The second-order valence-corrected chi connectivity index (χ2v) is 4.49. The predicted molar refractivity (Wildman–Crippen MR) is 70.5 cm³/mol. The van der Waals surface area contributed by atoms with Crippen molar-refractivity contribution >= 4 is 0 Å². The van der Waals surface area contributed by atoms with Gasteiger partial charge in [-0.15, -0.1) is 0 Å². The van der Waals surface area contributed by atoms with Crippen molar-refractivity contribution in [2.24, 2.45) is 0 Å². The van der Waals surface area contributed by atoms with E-state index in [2.05, 4.69) is 15.1 Å². The summed E-state index contributed by atoms with van der Waals surface area (Å²) in [6, 6.07) is 6.22. The third-order valence-electron chi connectivity index (χ3n) is 2.91. The van der Waals surface area contributed by atoms with Crippen LogP contribution >= 0.6 is 0 Å². The van der Waals surface area contributed by atoms with Gasteiger partial charge >= 0.3 is 0 Å². The van der Waals surface area contributed by atoms with E-state index in [1.807, 2.05) is 13.8 Å². The fourth-order valence-corrected chi connectivity index (χ4v) is 2.00. The summed E-state index contributed by atoms with van der Waals surface area (Å²) in [5.74, 6) is 2.25. The van der Waals surface area contributed by atoms with Gasteiger partial charge in [-0.2, -0.15) is 5.10 Å². The molecule has 3 aromatic rings. The molecule has 102 valence electrons. The van der Waals surface area contributed by atoms with Crippen LogP contribution in [0, 0.1) is 19.7 Å². The summed E-state index contributed by atoms with van der Waals surface area (Å²) in [7, 11) is 0. The molecule has 2 aromatic heterocycles. The molecule has 5 nitrogen and oxygen atoms in total. The summed E-state index contributed by atoms with van der Waals surface area (Å²) in [6.45, 7) is 4.11. The molecule has 0 atom stereocenters. The van der Waals surface area contributed by atoms with Crippen molar-refractivity contribution in [3.8, 4) is 11.3 Å². The summed E-state index contributed by atoms with van der Waals surface area (Å²) in [6.07, 6.45) is 1.59. The van der Waals surface area contributed by atoms with E-state index in [4.69, 9.17) is 4.42 Å². The smallest absolute Gasteiger partial charge is 0.216 e. The second kappa shape index (κ2) is 4.88. The topological polar surface area (TPSA) is 56.7 Å². The number of rotatable bonds is 3. The molecular weight excluding hydrogens is 259 g/mol. The molecule has 3 rings (SSSR count). The average molecular weight is 272 g/mol. The highest BCUT2D eigenvalue weighted by molar-refractivity contribution is 5.56. The summed E-state index contributed by atoms with van der Waals surface area (Å²) in [5, 5.41) is 4.25. The molecule has 0 N–H and O–H groups in total. The van der Waals surface area contributed by atoms with E-state index in [0.29, 0.717) is 29.6 Å². The van der Waals surface area contributed by atoms with Gasteiger partial charge in [0.25, 0.3) is 0 Å². The zero-order valence-electron chi connectivity index (χ0n) is 11.2. The number of aromatic nitrogens is 4. The van der Waals surface area contributed by atoms with Crippen molar-refractivity contribution < 1.29 is 8.81 Å². The number of aryl methyl sites for hydroxylation is 2. The van der Waals surface area contributed by atoms with Crippen LogP contribution in [0.1, 0.15) is 17.5 Å². The predicted octanol–water partition coefficient (Wildman–Crippen LogP) is 2.74. The molecule has 20 heavy (non-hydrogen) atoms. The van der Waals surface area contributed by atoms with Crippen LogP contribution in [0.5, 0.6) is 0 Å². The van der Waals surface area contributed by atoms with E-state index >= 15 is 0 Å². The quantitative estimate of drug-likeness (QED) is 0.735. The molecule has 1 aromatic carbocycles. The van der Waals surface area contributed by atoms with Crippen molar-refractivity contribution in [2.45, 2.75) is 20.4 Å². The first kappa shape index (κ1) is 12.5. The van der Waals surface area contributed by atoms with Gasteiger partial charge in [-0.3, -0.25) is 0 Å². The van der Waals surface area contributed by atoms with E-state index in [-0.39, 0.29) is 5.82 Å². The standard InChI is InChI=1S/C14H13FN4O/c1-9-17-10(2)19(18-9)8-14-16-7-13(20-14)11-4-3-5-12(15)6-11/h3-7H,8H2,1-2H3. The SMILES string of the molecule is Cc1nc(C)n(Cc2ncc(-c3cccc(F)c3)o2)n1. The molecule has 0 radical (unpaired) electrons. The minimum absolute atomic E-state index is 0.303. The minimum atomic E-state index is -0.303. The molecule has 0 aliphatic rings. The molecule has 2 heterocycles. The fraction of sp³-hybridized carbons (Fsp3) is 0.214. The lowest BCUT2D eigenvalue weighted by molar-refractivity contribution is 0.469. The Hall–Kier alpha value is -2.50. The van der Waals surface area contributed by atoms with Crippen LogP contribution < -0.4 is 0 Å². The lowest BCUT2D eigenvalue weighted by Crippen LogP contribution is -2.04. The normalized spacial score (nSPS) is 10.9. The molecule has 0 bridgehead atoms. The number of oxazole rings is 1. The third-order valence-corrected chi connectivity index (χ3v) is 2.91. The Morgan fingerprint density at radius 3 is 2.85 bits per heavy atom. The molecule has 0 unspecified atom stereocenters. The van der Waals surface area contributed by atoms with Crippen molar-refractivity contribution in [3.63, 3.8) is 0 Å². The highest BCUT2D eigenvalue weighted by atomic mass is 19.1. The van der Waals surface area contributed by atoms with Crippen LogP contribution in [0.3, 0.4) is 0 Å². The van der Waals surface area contributed by atoms with E-state index in [9.17, 15) is 4.39 Å². The second-order valence-electron chi connectivity index (χ2n) is 4.49. The Morgan fingerprint density at radius 1 is 1.30 bits per heavy atom. The van der Waals surface area contributed by atoms with Gasteiger partial charge in [0.1, 0.15) is 24.0 Å². The van der Waals surface area contributed by atoms with Gasteiger partial charge in [0, 0.05) is 5.56 Å². The van der Waals surface area contributed by atoms with Crippen LogP contribution in [0.15, 0.2) is 34.9 Å². The average Bonchev–Trinajstić information content (AvgIpc) is 2.97. The van der Waals surface area contributed by atoms with Crippen molar-refractivity contribution in [1.82, 2.24) is 19.7 Å². The molecular formula is C14H13FN4O. The van der Waals surface area contributed by atoms with Crippen LogP contribution in [-0.2, 0) is 6.54 Å². The fourth-order valence-electron chi connectivity index (χ4n) is 2.00. The van der Waals surface area contributed by atoms with E-state index in [1.54, 1.807) is 23.0 Å². The van der Waals surface area contributed by atoms with Crippen molar-refractivity contribution in [3.05, 3.63) is 53.8 Å². The Morgan fingerprint density at radius 2 is 2.15 bits per heavy atom. The molecule has 0 aliphatic heterocycles. The Bertz CT molecular complexity index is 747. The number of halogens is 1. The van der Waals surface area contributed by atoms with Gasteiger partial charge in [0.05, 0.1) is 6.20 Å². The Labute approximate surface area is 115 Å². The zero-order valence-corrected chi connectivity index (χ0v) is 11.2. The van der Waals surface area contributed by atoms with Gasteiger partial charge in [-0.25, -0.2) is 19.0 Å². The zero-order chi connectivity index (χ0) is 14.1. The van der Waals surface area contributed by atoms with E-state index in [0.717, 1.165) is 5.82 Å². The lowest BCUT2D eigenvalue weighted by Gasteiger charge is -1.99. The maximum atomic E-state index is 13.2. The third kappa shape index (κ3) is 2.45. The summed E-state index contributed by atoms with van der Waals surface area (Å²) >= 11 is 0. The first-order chi connectivity index (χ1) is 9.61. The summed E-state index contributed by atoms with van der Waals surface area (Å²) in [5.41, 5.74) is 0.662. The minimum Gasteiger partial charge on any atom is -0.439 e. The molecule has 0 saturated heterocycles. The molecule has 0 saturated carbocycles. The Kier molecular flexibility index (Phi) is 3.06. The molecule has 0 aliphatic carbocycles. The molecule has 0 spiro atoms. The van der Waals surface area contributed by atoms with Crippen LogP contribution in [0.25, 0.3) is 11.3 Å². The largest absolute Gasteiger partial charge is 0.439 e. The molecule has 0 amide bonds. The van der Waals surface area contributed by atoms with Crippen molar-refractivity contribution in [2.75, 3.05) is 0 Å². The Balaban J connectivity index is 1.85.